The molecule has 2 N–H and O–H groups in total. The van der Waals surface area contributed by atoms with E-state index in [1.807, 2.05) is 0 Å². The quantitative estimate of drug-likeness (QED) is 0.632. The molecule has 0 aromatic carbocycles. The maximum absolute atomic E-state index is 11.4. The van der Waals surface area contributed by atoms with Crippen LogP contribution >= 0.6 is 0 Å². The minimum atomic E-state index is -0.0295. The second-order valence-corrected chi connectivity index (χ2v) is 3.86. The SMILES string of the molecule is C=CCCC(=O)NC1(C)CCNC1. The van der Waals surface area contributed by atoms with Gasteiger partial charge in [0.2, 0.25) is 5.91 Å². The highest BCUT2D eigenvalue weighted by Crippen LogP contribution is 2.13. The molecule has 0 saturated carbocycles. The predicted octanol–water partition coefficient (Wildman–Crippen LogP) is 0.821. The molecule has 0 aromatic heterocycles. The third kappa shape index (κ3) is 3.19. The monoisotopic (exact) mass is 182 g/mol. The molecule has 1 aliphatic heterocycles. The van der Waals surface area contributed by atoms with Crippen LogP contribution in [0.15, 0.2) is 12.7 Å². The van der Waals surface area contributed by atoms with Gasteiger partial charge in [-0.3, -0.25) is 4.79 Å². The zero-order valence-electron chi connectivity index (χ0n) is 8.23. The summed E-state index contributed by atoms with van der Waals surface area (Å²) in [6, 6.07) is 0. The van der Waals surface area contributed by atoms with Crippen LogP contribution in [-0.4, -0.2) is 24.5 Å². The van der Waals surface area contributed by atoms with Crippen molar-refractivity contribution >= 4 is 5.91 Å². The molecule has 1 saturated heterocycles. The summed E-state index contributed by atoms with van der Waals surface area (Å²) < 4.78 is 0. The zero-order valence-corrected chi connectivity index (χ0v) is 8.23. The number of hydrogen-bond donors (Lipinski definition) is 2. The molecule has 3 heteroatoms. The van der Waals surface area contributed by atoms with Gasteiger partial charge in [-0.05, 0) is 26.3 Å². The molecule has 0 radical (unpaired) electrons. The molecule has 74 valence electrons. The Morgan fingerprint density at radius 3 is 3.08 bits per heavy atom. The highest BCUT2D eigenvalue weighted by Gasteiger charge is 2.29. The lowest BCUT2D eigenvalue weighted by atomic mass is 10.0. The summed E-state index contributed by atoms with van der Waals surface area (Å²) in [5, 5.41) is 6.28. The molecule has 0 spiro atoms. The summed E-state index contributed by atoms with van der Waals surface area (Å²) in [5.74, 6) is 0.131. The van der Waals surface area contributed by atoms with E-state index in [1.54, 1.807) is 6.08 Å². The predicted molar refractivity (Wildman–Crippen MR) is 53.5 cm³/mol. The van der Waals surface area contributed by atoms with Gasteiger partial charge in [0, 0.05) is 13.0 Å². The van der Waals surface area contributed by atoms with Crippen LogP contribution in [-0.2, 0) is 4.79 Å². The Morgan fingerprint density at radius 2 is 2.54 bits per heavy atom. The van der Waals surface area contributed by atoms with E-state index in [9.17, 15) is 4.79 Å². The number of allylic oxidation sites excluding steroid dienone is 1. The van der Waals surface area contributed by atoms with Crippen molar-refractivity contribution in [3.8, 4) is 0 Å². The van der Waals surface area contributed by atoms with Crippen molar-refractivity contribution in [3.63, 3.8) is 0 Å². The lowest BCUT2D eigenvalue weighted by molar-refractivity contribution is -0.122. The van der Waals surface area contributed by atoms with Gasteiger partial charge in [-0.15, -0.1) is 6.58 Å². The van der Waals surface area contributed by atoms with Gasteiger partial charge < -0.3 is 10.6 Å². The van der Waals surface area contributed by atoms with Gasteiger partial charge in [-0.1, -0.05) is 6.08 Å². The molecule has 1 aliphatic rings. The molecule has 1 fully saturated rings. The van der Waals surface area contributed by atoms with Crippen molar-refractivity contribution in [2.24, 2.45) is 0 Å². The van der Waals surface area contributed by atoms with Crippen LogP contribution in [0.2, 0.25) is 0 Å². The van der Waals surface area contributed by atoms with Crippen LogP contribution in [0.25, 0.3) is 0 Å². The van der Waals surface area contributed by atoms with Crippen LogP contribution in [0.4, 0.5) is 0 Å². The van der Waals surface area contributed by atoms with E-state index in [0.717, 1.165) is 25.9 Å². The van der Waals surface area contributed by atoms with Crippen LogP contribution in [0.1, 0.15) is 26.2 Å². The van der Waals surface area contributed by atoms with E-state index < -0.39 is 0 Å². The largest absolute Gasteiger partial charge is 0.350 e. The first-order valence-electron chi connectivity index (χ1n) is 4.79. The highest BCUT2D eigenvalue weighted by atomic mass is 16.1. The second kappa shape index (κ2) is 4.42. The van der Waals surface area contributed by atoms with E-state index in [-0.39, 0.29) is 11.4 Å². The number of nitrogens with one attached hydrogen (secondary N) is 2. The van der Waals surface area contributed by atoms with Gasteiger partial charge in [-0.2, -0.15) is 0 Å². The summed E-state index contributed by atoms with van der Waals surface area (Å²) in [7, 11) is 0. The maximum atomic E-state index is 11.4. The van der Waals surface area contributed by atoms with Crippen LogP contribution in [0.3, 0.4) is 0 Å². The molecule has 13 heavy (non-hydrogen) atoms. The van der Waals surface area contributed by atoms with Gasteiger partial charge in [0.15, 0.2) is 0 Å². The number of amides is 1. The molecule has 1 unspecified atom stereocenters. The Hall–Kier alpha value is -0.830. The second-order valence-electron chi connectivity index (χ2n) is 3.86. The van der Waals surface area contributed by atoms with Gasteiger partial charge in [0.25, 0.3) is 0 Å². The van der Waals surface area contributed by atoms with Crippen molar-refractivity contribution in [1.82, 2.24) is 10.6 Å². The first kappa shape index (κ1) is 10.3. The number of carbonyl (C=O) groups is 1. The molecule has 0 aromatic rings. The molecule has 1 amide bonds. The van der Waals surface area contributed by atoms with Crippen molar-refractivity contribution in [2.45, 2.75) is 31.7 Å². The van der Waals surface area contributed by atoms with Gasteiger partial charge in [-0.25, -0.2) is 0 Å². The molecular weight excluding hydrogens is 164 g/mol. The molecular formula is C10H18N2O. The first-order valence-corrected chi connectivity index (χ1v) is 4.79. The minimum Gasteiger partial charge on any atom is -0.350 e. The fourth-order valence-electron chi connectivity index (χ4n) is 1.56. The Bertz CT molecular complexity index is 195. The van der Waals surface area contributed by atoms with Crippen LogP contribution in [0.5, 0.6) is 0 Å². The van der Waals surface area contributed by atoms with Crippen molar-refractivity contribution in [2.75, 3.05) is 13.1 Å². The smallest absolute Gasteiger partial charge is 0.220 e. The number of carbonyl (C=O) groups excluding carboxylic acids is 1. The van der Waals surface area contributed by atoms with E-state index in [4.69, 9.17) is 0 Å². The zero-order chi connectivity index (χ0) is 9.73. The van der Waals surface area contributed by atoms with Crippen LogP contribution < -0.4 is 10.6 Å². The average molecular weight is 182 g/mol. The van der Waals surface area contributed by atoms with E-state index in [1.165, 1.54) is 0 Å². The summed E-state index contributed by atoms with van der Waals surface area (Å²) in [5.41, 5.74) is -0.0295. The minimum absolute atomic E-state index is 0.0295. The summed E-state index contributed by atoms with van der Waals surface area (Å²) in [6.07, 6.45) is 4.11. The molecule has 0 bridgehead atoms. The van der Waals surface area contributed by atoms with Crippen molar-refractivity contribution in [3.05, 3.63) is 12.7 Å². The summed E-state index contributed by atoms with van der Waals surface area (Å²) in [4.78, 5) is 11.4. The normalized spacial score (nSPS) is 27.2. The lowest BCUT2D eigenvalue weighted by Crippen LogP contribution is -2.47. The van der Waals surface area contributed by atoms with E-state index >= 15 is 0 Å². The standard InChI is InChI=1S/C10H18N2O/c1-3-4-5-9(13)12-10(2)6-7-11-8-10/h3,11H,1,4-8H2,2H3,(H,12,13). The Kier molecular flexibility index (Phi) is 3.48. The lowest BCUT2D eigenvalue weighted by Gasteiger charge is -2.24. The molecule has 1 atom stereocenters. The fraction of sp³-hybridized carbons (Fsp3) is 0.700. The average Bonchev–Trinajstić information content (AvgIpc) is 2.48. The van der Waals surface area contributed by atoms with E-state index in [2.05, 4.69) is 24.1 Å². The van der Waals surface area contributed by atoms with Gasteiger partial charge >= 0.3 is 0 Å². The van der Waals surface area contributed by atoms with Gasteiger partial charge in [0.1, 0.15) is 0 Å². The third-order valence-corrected chi connectivity index (χ3v) is 2.39. The van der Waals surface area contributed by atoms with Crippen molar-refractivity contribution < 1.29 is 4.79 Å². The first-order chi connectivity index (χ1) is 6.16. The number of hydrogen-bond acceptors (Lipinski definition) is 2. The fourth-order valence-corrected chi connectivity index (χ4v) is 1.56. The topological polar surface area (TPSA) is 41.1 Å². The molecule has 1 rings (SSSR count). The van der Waals surface area contributed by atoms with Crippen LogP contribution in [0, 0.1) is 0 Å². The van der Waals surface area contributed by atoms with Gasteiger partial charge in [0.05, 0.1) is 5.54 Å². The third-order valence-electron chi connectivity index (χ3n) is 2.39. The Morgan fingerprint density at radius 1 is 1.77 bits per heavy atom. The van der Waals surface area contributed by atoms with Crippen molar-refractivity contribution in [1.29, 1.82) is 0 Å². The molecule has 0 aliphatic carbocycles. The highest BCUT2D eigenvalue weighted by molar-refractivity contribution is 5.76. The Balaban J connectivity index is 2.29. The number of rotatable bonds is 4. The molecule has 3 nitrogen and oxygen atoms in total. The summed E-state index contributed by atoms with van der Waals surface area (Å²) >= 11 is 0. The van der Waals surface area contributed by atoms with E-state index in [0.29, 0.717) is 6.42 Å². The summed E-state index contributed by atoms with van der Waals surface area (Å²) in [6.45, 7) is 7.55. The molecule has 1 heterocycles. The maximum Gasteiger partial charge on any atom is 0.220 e. The Labute approximate surface area is 79.6 Å².